The number of aromatic nitrogens is 2. The summed E-state index contributed by atoms with van der Waals surface area (Å²) in [6.45, 7) is 8.40. The lowest BCUT2D eigenvalue weighted by Gasteiger charge is -2.17. The molecule has 0 saturated heterocycles. The monoisotopic (exact) mass is 592 g/mol. The Balaban J connectivity index is 1.16. The Labute approximate surface area is 257 Å². The Morgan fingerprint density at radius 3 is 2.59 bits per heavy atom. The molecule has 0 saturated carbocycles. The molecule has 1 aromatic heterocycles. The van der Waals surface area contributed by atoms with Crippen LogP contribution in [0.2, 0.25) is 0 Å². The molecule has 1 aliphatic carbocycles. The van der Waals surface area contributed by atoms with E-state index in [4.69, 9.17) is 14.6 Å². The molecule has 0 atom stereocenters. The Kier molecular flexibility index (Phi) is 8.89. The number of fused-ring (bicyclic) bond motifs is 4. The Morgan fingerprint density at radius 1 is 0.977 bits per heavy atom. The van der Waals surface area contributed by atoms with Crippen molar-refractivity contribution in [3.63, 3.8) is 0 Å². The summed E-state index contributed by atoms with van der Waals surface area (Å²) in [5, 5.41) is 8.41. The molecule has 1 amide bonds. The van der Waals surface area contributed by atoms with E-state index >= 15 is 0 Å². The summed E-state index contributed by atoms with van der Waals surface area (Å²) in [5.41, 5.74) is 8.31. The lowest BCUT2D eigenvalue weighted by Crippen LogP contribution is -2.25. The van der Waals surface area contributed by atoms with Crippen molar-refractivity contribution in [3.05, 3.63) is 113 Å². The number of halogens is 1. The molecular weight excluding hydrogens is 555 g/mol. The maximum absolute atomic E-state index is 13.5. The van der Waals surface area contributed by atoms with Gasteiger partial charge in [-0.05, 0) is 89.6 Å². The topological polar surface area (TPSA) is 68.6 Å². The van der Waals surface area contributed by atoms with Gasteiger partial charge in [0.1, 0.15) is 12.4 Å². The van der Waals surface area contributed by atoms with Gasteiger partial charge in [-0.3, -0.25) is 10.00 Å². The first-order valence-electron chi connectivity index (χ1n) is 15.3. The maximum atomic E-state index is 13.5. The van der Waals surface area contributed by atoms with E-state index < -0.39 is 6.09 Å². The Bertz CT molecular complexity index is 1760. The van der Waals surface area contributed by atoms with Crippen molar-refractivity contribution in [3.8, 4) is 17.0 Å². The van der Waals surface area contributed by atoms with Crippen molar-refractivity contribution in [2.24, 2.45) is 0 Å². The Hall–Kier alpha value is -4.69. The normalized spacial score (nSPS) is 11.9. The highest BCUT2D eigenvalue weighted by molar-refractivity contribution is 5.92. The SMILES string of the molecule is CCN(CC)CCCOc1nn(Cc2ccc(F)cc2)c2ccc(NC(=O)OCc3cccc4c3Cc3ccccc3-4)cc12. The first kappa shape index (κ1) is 29.4. The molecule has 7 nitrogen and oxygen atoms in total. The molecule has 1 aliphatic rings. The van der Waals surface area contributed by atoms with Crippen LogP contribution in [0.15, 0.2) is 84.9 Å². The van der Waals surface area contributed by atoms with Crippen LogP contribution in [0.1, 0.15) is 42.5 Å². The molecular formula is C36H37FN4O3. The summed E-state index contributed by atoms with van der Waals surface area (Å²) in [6, 6.07) is 26.5. The summed E-state index contributed by atoms with van der Waals surface area (Å²) in [5.74, 6) is 0.221. The van der Waals surface area contributed by atoms with Crippen LogP contribution in [0.25, 0.3) is 22.0 Å². The zero-order valence-corrected chi connectivity index (χ0v) is 25.2. The molecule has 6 rings (SSSR count). The van der Waals surface area contributed by atoms with E-state index in [2.05, 4.69) is 54.4 Å². The van der Waals surface area contributed by atoms with Gasteiger partial charge in [-0.25, -0.2) is 9.18 Å². The van der Waals surface area contributed by atoms with Crippen molar-refractivity contribution in [1.29, 1.82) is 0 Å². The molecule has 0 unspecified atom stereocenters. The molecule has 5 aromatic rings. The van der Waals surface area contributed by atoms with Crippen LogP contribution in [0.5, 0.6) is 5.88 Å². The van der Waals surface area contributed by atoms with E-state index in [0.717, 1.165) is 54.5 Å². The number of amides is 1. The Morgan fingerprint density at radius 2 is 1.77 bits per heavy atom. The molecule has 0 radical (unpaired) electrons. The standard InChI is InChI=1S/C36H37FN4O3/c1-3-40(4-2)19-8-20-43-35-33-22-29(17-18-34(33)41(39-35)23-25-13-15-28(37)16-14-25)38-36(42)44-24-27-10-7-12-31-30-11-6-5-9-26(30)21-32(27)31/h5-7,9-18,22H,3-4,8,19-21,23-24H2,1-2H3,(H,38,42). The molecule has 0 spiro atoms. The number of hydrogen-bond donors (Lipinski definition) is 1. The summed E-state index contributed by atoms with van der Waals surface area (Å²) in [6.07, 6.45) is 1.17. The van der Waals surface area contributed by atoms with Gasteiger partial charge in [-0.15, -0.1) is 5.10 Å². The van der Waals surface area contributed by atoms with E-state index in [-0.39, 0.29) is 12.4 Å². The lowest BCUT2D eigenvalue weighted by atomic mass is 10.0. The van der Waals surface area contributed by atoms with Crippen molar-refractivity contribution in [2.75, 3.05) is 31.6 Å². The second kappa shape index (κ2) is 13.3. The zero-order valence-electron chi connectivity index (χ0n) is 25.2. The van der Waals surface area contributed by atoms with Gasteiger partial charge in [0.15, 0.2) is 0 Å². The predicted molar refractivity (Wildman–Crippen MR) is 172 cm³/mol. The predicted octanol–water partition coefficient (Wildman–Crippen LogP) is 7.65. The van der Waals surface area contributed by atoms with Gasteiger partial charge in [0.05, 0.1) is 24.1 Å². The highest BCUT2D eigenvalue weighted by atomic mass is 19.1. The van der Waals surface area contributed by atoms with Crippen LogP contribution in [-0.2, 0) is 24.3 Å². The molecule has 226 valence electrons. The van der Waals surface area contributed by atoms with Crippen molar-refractivity contribution >= 4 is 22.7 Å². The van der Waals surface area contributed by atoms with Crippen molar-refractivity contribution < 1.29 is 18.7 Å². The molecule has 0 bridgehead atoms. The number of carbonyl (C=O) groups excluding carboxylic acids is 1. The number of hydrogen-bond acceptors (Lipinski definition) is 5. The van der Waals surface area contributed by atoms with Crippen molar-refractivity contribution in [1.82, 2.24) is 14.7 Å². The molecule has 4 aromatic carbocycles. The number of rotatable bonds is 12. The van der Waals surface area contributed by atoms with Gasteiger partial charge in [0.25, 0.3) is 0 Å². The minimum atomic E-state index is -0.530. The van der Waals surface area contributed by atoms with E-state index in [1.54, 1.807) is 12.1 Å². The number of anilines is 1. The molecule has 0 fully saturated rings. The van der Waals surface area contributed by atoms with E-state index in [1.807, 2.05) is 35.0 Å². The van der Waals surface area contributed by atoms with Gasteiger partial charge in [-0.1, -0.05) is 68.4 Å². The number of benzene rings is 4. The number of nitrogens with zero attached hydrogens (tertiary/aromatic N) is 3. The first-order chi connectivity index (χ1) is 21.5. The number of carbonyl (C=O) groups is 1. The number of nitrogens with one attached hydrogen (secondary N) is 1. The summed E-state index contributed by atoms with van der Waals surface area (Å²) in [4.78, 5) is 15.3. The third kappa shape index (κ3) is 6.45. The fourth-order valence-electron chi connectivity index (χ4n) is 5.87. The molecule has 1 N–H and O–H groups in total. The highest BCUT2D eigenvalue weighted by Crippen LogP contribution is 2.38. The smallest absolute Gasteiger partial charge is 0.411 e. The second-order valence-electron chi connectivity index (χ2n) is 11.0. The van der Waals surface area contributed by atoms with Crippen LogP contribution in [0.3, 0.4) is 0 Å². The van der Waals surface area contributed by atoms with E-state index in [1.165, 1.54) is 34.4 Å². The zero-order chi connectivity index (χ0) is 30.5. The van der Waals surface area contributed by atoms with E-state index in [9.17, 15) is 9.18 Å². The lowest BCUT2D eigenvalue weighted by molar-refractivity contribution is 0.155. The van der Waals surface area contributed by atoms with Crippen LogP contribution in [-0.4, -0.2) is 47.0 Å². The van der Waals surface area contributed by atoms with Crippen LogP contribution >= 0.6 is 0 Å². The molecule has 44 heavy (non-hydrogen) atoms. The third-order valence-electron chi connectivity index (χ3n) is 8.27. The fraction of sp³-hybridized carbons (Fsp3) is 0.278. The van der Waals surface area contributed by atoms with Gasteiger partial charge in [0.2, 0.25) is 5.88 Å². The van der Waals surface area contributed by atoms with E-state index in [0.29, 0.717) is 24.7 Å². The van der Waals surface area contributed by atoms with Gasteiger partial charge >= 0.3 is 6.09 Å². The molecule has 0 aliphatic heterocycles. The third-order valence-corrected chi connectivity index (χ3v) is 8.27. The second-order valence-corrected chi connectivity index (χ2v) is 11.0. The molecule has 8 heteroatoms. The van der Waals surface area contributed by atoms with Gasteiger partial charge in [0, 0.05) is 12.2 Å². The summed E-state index contributed by atoms with van der Waals surface area (Å²) in [7, 11) is 0. The van der Waals surface area contributed by atoms with Crippen LogP contribution in [0.4, 0.5) is 14.9 Å². The quantitative estimate of drug-likeness (QED) is 0.148. The highest BCUT2D eigenvalue weighted by Gasteiger charge is 2.21. The first-order valence-corrected chi connectivity index (χ1v) is 15.3. The van der Waals surface area contributed by atoms with Crippen LogP contribution in [0, 0.1) is 5.82 Å². The maximum Gasteiger partial charge on any atom is 0.411 e. The summed E-state index contributed by atoms with van der Waals surface area (Å²) >= 11 is 0. The number of ether oxygens (including phenoxy) is 2. The van der Waals surface area contributed by atoms with Gasteiger partial charge < -0.3 is 14.4 Å². The molecule has 1 heterocycles. The summed E-state index contributed by atoms with van der Waals surface area (Å²) < 4.78 is 27.2. The average molecular weight is 593 g/mol. The average Bonchev–Trinajstić information content (AvgIpc) is 3.59. The largest absolute Gasteiger partial charge is 0.476 e. The minimum absolute atomic E-state index is 0.182. The van der Waals surface area contributed by atoms with Gasteiger partial charge in [-0.2, -0.15) is 0 Å². The minimum Gasteiger partial charge on any atom is -0.476 e. The van der Waals surface area contributed by atoms with Crippen molar-refractivity contribution in [2.45, 2.75) is 39.8 Å². The fourth-order valence-corrected chi connectivity index (χ4v) is 5.87. The van der Waals surface area contributed by atoms with Crippen LogP contribution < -0.4 is 10.1 Å².